The van der Waals surface area contributed by atoms with E-state index in [1.54, 1.807) is 35.1 Å². The van der Waals surface area contributed by atoms with Gasteiger partial charge >= 0.3 is 0 Å². The largest absolute Gasteiger partial charge is 0.325 e. The Balaban J connectivity index is 1.40. The van der Waals surface area contributed by atoms with Crippen LogP contribution in [-0.2, 0) is 14.4 Å². The molecule has 1 N–H and O–H groups in total. The molecule has 4 aromatic rings. The van der Waals surface area contributed by atoms with Gasteiger partial charge < -0.3 is 5.32 Å². The predicted octanol–water partition coefficient (Wildman–Crippen LogP) is 1.94. The molecule has 158 valence electrons. The van der Waals surface area contributed by atoms with E-state index in [1.807, 2.05) is 30.3 Å². The van der Waals surface area contributed by atoms with E-state index in [9.17, 15) is 14.4 Å². The van der Waals surface area contributed by atoms with Gasteiger partial charge in [-0.15, -0.1) is 10.2 Å². The van der Waals surface area contributed by atoms with Crippen LogP contribution >= 0.6 is 0 Å². The third-order valence-corrected chi connectivity index (χ3v) is 5.08. The lowest BCUT2D eigenvalue weighted by molar-refractivity contribution is -0.141. The van der Waals surface area contributed by atoms with Crippen molar-refractivity contribution < 1.29 is 14.4 Å². The number of rotatable bonds is 5. The van der Waals surface area contributed by atoms with E-state index in [4.69, 9.17) is 0 Å². The number of hydrogen-bond donors (Lipinski definition) is 1. The van der Waals surface area contributed by atoms with Crippen LogP contribution in [0.15, 0.2) is 60.9 Å². The standard InChI is InChI=1S/C22H17N7O3/c30-19(13-28-20(31)8-9-21(28)32)24-16-5-1-3-14(11-16)17-6-7-18-25-26-22(29(18)27-17)15-4-2-10-23-12-15/h1-7,10-12H,8-9,13H2,(H,24,30). The predicted molar refractivity (Wildman–Crippen MR) is 114 cm³/mol. The van der Waals surface area contributed by atoms with Gasteiger partial charge in [-0.2, -0.15) is 9.61 Å². The molecule has 3 aromatic heterocycles. The number of hydrogen-bond acceptors (Lipinski definition) is 7. The van der Waals surface area contributed by atoms with Gasteiger partial charge in [0.15, 0.2) is 11.5 Å². The van der Waals surface area contributed by atoms with Crippen molar-refractivity contribution in [2.75, 3.05) is 11.9 Å². The second-order valence-corrected chi connectivity index (χ2v) is 7.26. The molecule has 1 fully saturated rings. The summed E-state index contributed by atoms with van der Waals surface area (Å²) >= 11 is 0. The molecule has 3 amide bonds. The average Bonchev–Trinajstić information content (AvgIpc) is 3.38. The van der Waals surface area contributed by atoms with Crippen LogP contribution in [-0.4, -0.2) is 54.0 Å². The monoisotopic (exact) mass is 427 g/mol. The minimum atomic E-state index is -0.438. The molecule has 0 aliphatic carbocycles. The Hall–Kier alpha value is -4.47. The number of carbonyl (C=O) groups is 3. The highest BCUT2D eigenvalue weighted by molar-refractivity contribution is 6.06. The van der Waals surface area contributed by atoms with Crippen LogP contribution in [0.2, 0.25) is 0 Å². The summed E-state index contributed by atoms with van der Waals surface area (Å²) < 4.78 is 1.64. The van der Waals surface area contributed by atoms with E-state index in [-0.39, 0.29) is 31.2 Å². The Bertz CT molecular complexity index is 1330. The number of pyridine rings is 1. The lowest BCUT2D eigenvalue weighted by atomic mass is 10.1. The number of likely N-dealkylation sites (tertiary alicyclic amines) is 1. The van der Waals surface area contributed by atoms with Crippen molar-refractivity contribution in [3.8, 4) is 22.6 Å². The van der Waals surface area contributed by atoms with E-state index in [1.165, 1.54) is 0 Å². The molecule has 32 heavy (non-hydrogen) atoms. The third kappa shape index (κ3) is 3.69. The van der Waals surface area contributed by atoms with E-state index < -0.39 is 5.91 Å². The Morgan fingerprint density at radius 2 is 1.78 bits per heavy atom. The number of amides is 3. The summed E-state index contributed by atoms with van der Waals surface area (Å²) in [6.45, 7) is -0.290. The number of benzene rings is 1. The average molecular weight is 427 g/mol. The number of nitrogens with zero attached hydrogens (tertiary/aromatic N) is 6. The summed E-state index contributed by atoms with van der Waals surface area (Å²) in [5.41, 5.74) is 3.34. The molecule has 1 aliphatic heterocycles. The van der Waals surface area contributed by atoms with Crippen molar-refractivity contribution in [2.45, 2.75) is 12.8 Å². The Kier molecular flexibility index (Phi) is 4.86. The van der Waals surface area contributed by atoms with Crippen molar-refractivity contribution in [2.24, 2.45) is 0 Å². The Labute approximate surface area is 181 Å². The van der Waals surface area contributed by atoms with Crippen LogP contribution in [0.5, 0.6) is 0 Å². The highest BCUT2D eigenvalue weighted by Crippen LogP contribution is 2.23. The van der Waals surface area contributed by atoms with Crippen LogP contribution in [0.4, 0.5) is 5.69 Å². The van der Waals surface area contributed by atoms with E-state index >= 15 is 0 Å². The number of nitrogens with one attached hydrogen (secondary N) is 1. The number of anilines is 1. The summed E-state index contributed by atoms with van der Waals surface area (Å²) in [4.78, 5) is 40.9. The number of imide groups is 1. The summed E-state index contributed by atoms with van der Waals surface area (Å²) in [7, 11) is 0. The molecule has 5 rings (SSSR count). The zero-order valence-electron chi connectivity index (χ0n) is 16.8. The van der Waals surface area contributed by atoms with Gasteiger partial charge in [-0.1, -0.05) is 12.1 Å². The Morgan fingerprint density at radius 3 is 2.56 bits per heavy atom. The molecule has 0 bridgehead atoms. The lowest BCUT2D eigenvalue weighted by Gasteiger charge is -2.13. The SMILES string of the molecule is O=C(CN1C(=O)CCC1=O)Nc1cccc(-c2ccc3nnc(-c4cccnc4)n3n2)c1. The van der Waals surface area contributed by atoms with Gasteiger partial charge in [0.05, 0.1) is 5.69 Å². The van der Waals surface area contributed by atoms with E-state index in [2.05, 4.69) is 25.6 Å². The molecule has 4 heterocycles. The number of carbonyl (C=O) groups excluding carboxylic acids is 3. The minimum absolute atomic E-state index is 0.153. The fourth-order valence-electron chi connectivity index (χ4n) is 3.52. The van der Waals surface area contributed by atoms with Gasteiger partial charge in [-0.05, 0) is 36.4 Å². The van der Waals surface area contributed by atoms with Crippen LogP contribution in [0.1, 0.15) is 12.8 Å². The molecule has 1 aliphatic rings. The van der Waals surface area contributed by atoms with Gasteiger partial charge in [0.25, 0.3) is 0 Å². The maximum atomic E-state index is 12.3. The molecule has 0 radical (unpaired) electrons. The fraction of sp³-hybridized carbons (Fsp3) is 0.136. The van der Waals surface area contributed by atoms with Crippen LogP contribution in [0, 0.1) is 0 Å². The van der Waals surface area contributed by atoms with Crippen LogP contribution in [0.3, 0.4) is 0 Å². The highest BCUT2D eigenvalue weighted by atomic mass is 16.2. The van der Waals surface area contributed by atoms with Crippen molar-refractivity contribution >= 4 is 29.1 Å². The normalized spacial score (nSPS) is 13.7. The van der Waals surface area contributed by atoms with Gasteiger partial charge in [0.1, 0.15) is 6.54 Å². The molecule has 1 aromatic carbocycles. The molecule has 0 saturated carbocycles. The first-order chi connectivity index (χ1) is 15.6. The zero-order valence-corrected chi connectivity index (χ0v) is 16.8. The maximum absolute atomic E-state index is 12.3. The highest BCUT2D eigenvalue weighted by Gasteiger charge is 2.30. The first-order valence-electron chi connectivity index (χ1n) is 9.95. The van der Waals surface area contributed by atoms with Crippen molar-refractivity contribution in [3.05, 3.63) is 60.9 Å². The Morgan fingerprint density at radius 1 is 0.969 bits per heavy atom. The van der Waals surface area contributed by atoms with Crippen LogP contribution in [0.25, 0.3) is 28.3 Å². The topological polar surface area (TPSA) is 122 Å². The molecule has 10 heteroatoms. The molecule has 0 spiro atoms. The first-order valence-corrected chi connectivity index (χ1v) is 9.95. The fourth-order valence-corrected chi connectivity index (χ4v) is 3.52. The van der Waals surface area contributed by atoms with Crippen molar-refractivity contribution in [1.29, 1.82) is 0 Å². The lowest BCUT2D eigenvalue weighted by Crippen LogP contribution is -2.36. The molecule has 0 unspecified atom stereocenters. The van der Waals surface area contributed by atoms with Crippen molar-refractivity contribution in [1.82, 2.24) is 29.7 Å². The van der Waals surface area contributed by atoms with Crippen LogP contribution < -0.4 is 5.32 Å². The molecule has 10 nitrogen and oxygen atoms in total. The smallest absolute Gasteiger partial charge is 0.244 e. The summed E-state index contributed by atoms with van der Waals surface area (Å²) in [6, 6.07) is 14.5. The quantitative estimate of drug-likeness (QED) is 0.483. The third-order valence-electron chi connectivity index (χ3n) is 5.08. The van der Waals surface area contributed by atoms with Gasteiger partial charge in [-0.3, -0.25) is 24.3 Å². The second kappa shape index (κ2) is 7.99. The van der Waals surface area contributed by atoms with Crippen molar-refractivity contribution in [3.63, 3.8) is 0 Å². The second-order valence-electron chi connectivity index (χ2n) is 7.26. The number of fused-ring (bicyclic) bond motifs is 1. The molecular formula is C22H17N7O3. The zero-order chi connectivity index (χ0) is 22.1. The molecule has 1 saturated heterocycles. The molecular weight excluding hydrogens is 410 g/mol. The minimum Gasteiger partial charge on any atom is -0.325 e. The molecule has 0 atom stereocenters. The van der Waals surface area contributed by atoms with E-state index in [0.29, 0.717) is 22.9 Å². The number of aromatic nitrogens is 5. The summed E-state index contributed by atoms with van der Waals surface area (Å²) in [5.74, 6) is -0.518. The van der Waals surface area contributed by atoms with Gasteiger partial charge in [0, 0.05) is 42.0 Å². The van der Waals surface area contributed by atoms with E-state index in [0.717, 1.165) is 16.0 Å². The first kappa shape index (κ1) is 19.5. The van der Waals surface area contributed by atoms with Gasteiger partial charge in [-0.25, -0.2) is 0 Å². The van der Waals surface area contributed by atoms with Gasteiger partial charge in [0.2, 0.25) is 17.7 Å². The summed E-state index contributed by atoms with van der Waals surface area (Å²) in [6.07, 6.45) is 3.68. The maximum Gasteiger partial charge on any atom is 0.244 e. The summed E-state index contributed by atoms with van der Waals surface area (Å²) in [5, 5.41) is 15.8.